The largest absolute Gasteiger partial charge is 0.459 e. The maximum absolute atomic E-state index is 13.2. The van der Waals surface area contributed by atoms with E-state index < -0.39 is 23.8 Å². The molecule has 0 unspecified atom stereocenters. The number of esters is 1. The summed E-state index contributed by atoms with van der Waals surface area (Å²) in [5.41, 5.74) is 1.16. The molecule has 1 aromatic carbocycles. The predicted molar refractivity (Wildman–Crippen MR) is 116 cm³/mol. The molecule has 0 amide bonds. The average molecular weight is 423 g/mol. The highest BCUT2D eigenvalue weighted by Crippen LogP contribution is 2.22. The Bertz CT molecular complexity index is 1390. The van der Waals surface area contributed by atoms with Crippen LogP contribution in [0.4, 0.5) is 0 Å². The van der Waals surface area contributed by atoms with E-state index in [1.54, 1.807) is 11.4 Å². The van der Waals surface area contributed by atoms with Crippen molar-refractivity contribution in [3.05, 3.63) is 68.6 Å². The number of nitrogens with zero attached hydrogens (tertiary/aromatic N) is 5. The summed E-state index contributed by atoms with van der Waals surface area (Å²) in [6.45, 7) is 5.71. The lowest BCUT2D eigenvalue weighted by Gasteiger charge is -2.12. The Morgan fingerprint density at radius 3 is 2.58 bits per heavy atom. The standard InChI is InChI=1S/C22H25N5O4/c1-5-14(2)27-15(3)11-25-18-19(23-21(25)27)24(4)22(30)26(20(18)29)12-17(28)31-13-16-9-7-6-8-10-16/h6-11,14H,5,12-13H2,1-4H3/t14-/m1/s1. The van der Waals surface area contributed by atoms with Crippen molar-refractivity contribution in [2.75, 3.05) is 0 Å². The Kier molecular flexibility index (Phi) is 5.26. The molecule has 0 spiro atoms. The molecule has 0 fully saturated rings. The third-order valence-corrected chi connectivity index (χ3v) is 5.63. The van der Waals surface area contributed by atoms with E-state index in [1.165, 1.54) is 4.57 Å². The molecular formula is C22H25N5O4. The van der Waals surface area contributed by atoms with Gasteiger partial charge in [0.15, 0.2) is 11.2 Å². The Hall–Kier alpha value is -3.62. The first kappa shape index (κ1) is 20.6. The maximum Gasteiger partial charge on any atom is 0.333 e. The van der Waals surface area contributed by atoms with Crippen LogP contribution < -0.4 is 11.2 Å². The van der Waals surface area contributed by atoms with Crippen LogP contribution in [0.1, 0.15) is 37.6 Å². The zero-order valence-corrected chi connectivity index (χ0v) is 18.0. The Morgan fingerprint density at radius 2 is 1.90 bits per heavy atom. The van der Waals surface area contributed by atoms with E-state index in [-0.39, 0.29) is 23.8 Å². The highest BCUT2D eigenvalue weighted by Gasteiger charge is 2.22. The second-order valence-corrected chi connectivity index (χ2v) is 7.73. The van der Waals surface area contributed by atoms with E-state index in [2.05, 4.69) is 18.8 Å². The number of hydrogen-bond donors (Lipinski definition) is 0. The van der Waals surface area contributed by atoms with Crippen LogP contribution in [-0.4, -0.2) is 29.1 Å². The highest BCUT2D eigenvalue weighted by molar-refractivity contribution is 5.76. The van der Waals surface area contributed by atoms with Gasteiger partial charge in [0.05, 0.1) is 0 Å². The lowest BCUT2D eigenvalue weighted by Crippen LogP contribution is -2.41. The molecule has 1 atom stereocenters. The van der Waals surface area contributed by atoms with Gasteiger partial charge in [0.1, 0.15) is 13.2 Å². The SMILES string of the molecule is CC[C@@H](C)n1c(C)cn2c3c(=O)n(CC(=O)OCc4ccccc4)c(=O)n(C)c3nc12. The molecule has 4 rings (SSSR count). The number of ether oxygens (including phenoxy) is 1. The molecule has 0 bridgehead atoms. The van der Waals surface area contributed by atoms with Crippen LogP contribution in [-0.2, 0) is 29.7 Å². The van der Waals surface area contributed by atoms with Crippen LogP contribution in [0.2, 0.25) is 0 Å². The number of fused-ring (bicyclic) bond motifs is 3. The number of hydrogen-bond acceptors (Lipinski definition) is 5. The van der Waals surface area contributed by atoms with Gasteiger partial charge in [-0.25, -0.2) is 9.36 Å². The van der Waals surface area contributed by atoms with Crippen molar-refractivity contribution in [3.63, 3.8) is 0 Å². The number of aryl methyl sites for hydroxylation is 2. The number of benzene rings is 1. The fraction of sp³-hybridized carbons (Fsp3) is 0.364. The van der Waals surface area contributed by atoms with Crippen molar-refractivity contribution in [2.24, 2.45) is 7.05 Å². The average Bonchev–Trinajstić information content (AvgIpc) is 3.28. The van der Waals surface area contributed by atoms with Crippen LogP contribution in [0.15, 0.2) is 46.1 Å². The summed E-state index contributed by atoms with van der Waals surface area (Å²) >= 11 is 0. The molecular weight excluding hydrogens is 398 g/mol. The molecule has 9 nitrogen and oxygen atoms in total. The van der Waals surface area contributed by atoms with E-state index in [9.17, 15) is 14.4 Å². The molecule has 0 N–H and O–H groups in total. The predicted octanol–water partition coefficient (Wildman–Crippen LogP) is 2.17. The smallest absolute Gasteiger partial charge is 0.333 e. The number of carbonyl (C=O) groups excluding carboxylic acids is 1. The van der Waals surface area contributed by atoms with E-state index in [1.807, 2.05) is 48.0 Å². The molecule has 0 saturated carbocycles. The van der Waals surface area contributed by atoms with Gasteiger partial charge in [-0.05, 0) is 25.8 Å². The van der Waals surface area contributed by atoms with Gasteiger partial charge in [-0.1, -0.05) is 37.3 Å². The quantitative estimate of drug-likeness (QED) is 0.443. The molecule has 0 aliphatic heterocycles. The minimum absolute atomic E-state index is 0.0743. The molecule has 0 radical (unpaired) electrons. The molecule has 0 saturated heterocycles. The summed E-state index contributed by atoms with van der Waals surface area (Å²) in [6, 6.07) is 9.40. The summed E-state index contributed by atoms with van der Waals surface area (Å²) < 4.78 is 11.2. The number of carbonyl (C=O) groups is 1. The summed E-state index contributed by atoms with van der Waals surface area (Å²) in [6.07, 6.45) is 2.73. The second kappa shape index (κ2) is 7.90. The van der Waals surface area contributed by atoms with Crippen LogP contribution in [0, 0.1) is 6.92 Å². The van der Waals surface area contributed by atoms with Crippen LogP contribution in [0.25, 0.3) is 16.9 Å². The molecule has 0 aliphatic carbocycles. The number of aromatic nitrogens is 5. The fourth-order valence-electron chi connectivity index (χ4n) is 3.81. The molecule has 9 heteroatoms. The molecule has 0 aliphatic rings. The van der Waals surface area contributed by atoms with E-state index in [4.69, 9.17) is 4.74 Å². The zero-order valence-electron chi connectivity index (χ0n) is 18.0. The van der Waals surface area contributed by atoms with E-state index in [0.29, 0.717) is 5.78 Å². The second-order valence-electron chi connectivity index (χ2n) is 7.73. The lowest BCUT2D eigenvalue weighted by molar-refractivity contribution is -0.145. The van der Waals surface area contributed by atoms with Crippen LogP contribution in [0.5, 0.6) is 0 Å². The van der Waals surface area contributed by atoms with Gasteiger partial charge >= 0.3 is 11.7 Å². The summed E-state index contributed by atoms with van der Waals surface area (Å²) in [5, 5.41) is 0. The molecule has 31 heavy (non-hydrogen) atoms. The van der Waals surface area contributed by atoms with E-state index >= 15 is 0 Å². The summed E-state index contributed by atoms with van der Waals surface area (Å²) in [4.78, 5) is 43.0. The van der Waals surface area contributed by atoms with Crippen LogP contribution >= 0.6 is 0 Å². The zero-order chi connectivity index (χ0) is 22.3. The third kappa shape index (κ3) is 3.45. The third-order valence-electron chi connectivity index (χ3n) is 5.63. The minimum atomic E-state index is -0.656. The van der Waals surface area contributed by atoms with Gasteiger partial charge in [0.2, 0.25) is 5.78 Å². The number of imidazole rings is 2. The van der Waals surface area contributed by atoms with Gasteiger partial charge in [-0.2, -0.15) is 4.98 Å². The molecule has 3 aromatic heterocycles. The Morgan fingerprint density at radius 1 is 1.19 bits per heavy atom. The minimum Gasteiger partial charge on any atom is -0.459 e. The summed E-state index contributed by atoms with van der Waals surface area (Å²) in [5.74, 6) is -0.0603. The summed E-state index contributed by atoms with van der Waals surface area (Å²) in [7, 11) is 1.54. The first-order valence-corrected chi connectivity index (χ1v) is 10.2. The van der Waals surface area contributed by atoms with Crippen molar-refractivity contribution < 1.29 is 9.53 Å². The van der Waals surface area contributed by atoms with Gasteiger partial charge in [0.25, 0.3) is 5.56 Å². The van der Waals surface area contributed by atoms with Gasteiger partial charge in [0, 0.05) is 25.0 Å². The van der Waals surface area contributed by atoms with E-state index in [0.717, 1.165) is 22.2 Å². The molecule has 4 aromatic rings. The maximum atomic E-state index is 13.2. The van der Waals surface area contributed by atoms with Gasteiger partial charge < -0.3 is 9.30 Å². The lowest BCUT2D eigenvalue weighted by atomic mass is 10.2. The highest BCUT2D eigenvalue weighted by atomic mass is 16.5. The first-order valence-electron chi connectivity index (χ1n) is 10.2. The molecule has 162 valence electrons. The van der Waals surface area contributed by atoms with Crippen LogP contribution in [0.3, 0.4) is 0 Å². The Balaban J connectivity index is 1.76. The molecule has 3 heterocycles. The number of rotatable bonds is 6. The first-order chi connectivity index (χ1) is 14.8. The normalized spacial score (nSPS) is 12.5. The van der Waals surface area contributed by atoms with Crippen molar-refractivity contribution in [1.82, 2.24) is 23.1 Å². The topological polar surface area (TPSA) is 92.5 Å². The van der Waals surface area contributed by atoms with Gasteiger partial charge in [-0.15, -0.1) is 0 Å². The van der Waals surface area contributed by atoms with Crippen molar-refractivity contribution in [2.45, 2.75) is 46.4 Å². The van der Waals surface area contributed by atoms with Crippen molar-refractivity contribution in [1.29, 1.82) is 0 Å². The van der Waals surface area contributed by atoms with Gasteiger partial charge in [-0.3, -0.25) is 18.6 Å². The fourth-order valence-corrected chi connectivity index (χ4v) is 3.81. The Labute approximate surface area is 178 Å². The van der Waals surface area contributed by atoms with Crippen molar-refractivity contribution in [3.8, 4) is 0 Å². The monoisotopic (exact) mass is 423 g/mol. The van der Waals surface area contributed by atoms with Crippen molar-refractivity contribution >= 4 is 22.9 Å².